The lowest BCUT2D eigenvalue weighted by Gasteiger charge is -2.09. The predicted molar refractivity (Wildman–Crippen MR) is 134 cm³/mol. The first kappa shape index (κ1) is 24.5. The molecule has 0 aliphatic rings. The summed E-state index contributed by atoms with van der Waals surface area (Å²) in [5, 5.41) is 10.3. The number of hydrogen-bond acceptors (Lipinski definition) is 3. The molecular formula is C30H28F2N2O. The van der Waals surface area contributed by atoms with Crippen molar-refractivity contribution in [2.24, 2.45) is 0 Å². The number of nitrogens with zero attached hydrogens (tertiary/aromatic N) is 2. The first-order valence-corrected chi connectivity index (χ1v) is 11.9. The van der Waals surface area contributed by atoms with E-state index in [4.69, 9.17) is 10.00 Å². The molecule has 0 bridgehead atoms. The Labute approximate surface area is 205 Å². The molecule has 1 aromatic heterocycles. The molecule has 1 heterocycles. The van der Waals surface area contributed by atoms with E-state index in [1.807, 2.05) is 42.6 Å². The Morgan fingerprint density at radius 2 is 1.60 bits per heavy atom. The number of ether oxygens (including phenoxy) is 1. The van der Waals surface area contributed by atoms with Crippen molar-refractivity contribution in [2.45, 2.75) is 38.5 Å². The number of methoxy groups -OCH3 is 1. The number of halogens is 2. The van der Waals surface area contributed by atoms with Gasteiger partial charge >= 0.3 is 0 Å². The SMILES string of the molecule is COCCCc1ccc(CCc2ccc3c(F)c(CCc4ccc(C#N)c(F)c4)ccc3c2)nc1. The summed E-state index contributed by atoms with van der Waals surface area (Å²) in [6.45, 7) is 0.753. The number of rotatable bonds is 10. The van der Waals surface area contributed by atoms with Crippen LogP contribution < -0.4 is 0 Å². The lowest BCUT2D eigenvalue weighted by Crippen LogP contribution is -1.99. The van der Waals surface area contributed by atoms with Crippen LogP contribution in [0.4, 0.5) is 8.78 Å². The van der Waals surface area contributed by atoms with Crippen LogP contribution in [-0.4, -0.2) is 18.7 Å². The van der Waals surface area contributed by atoms with E-state index >= 15 is 4.39 Å². The zero-order chi connectivity index (χ0) is 24.6. The van der Waals surface area contributed by atoms with Crippen LogP contribution in [-0.2, 0) is 36.8 Å². The van der Waals surface area contributed by atoms with Crippen LogP contribution in [0.15, 0.2) is 66.9 Å². The van der Waals surface area contributed by atoms with Crippen molar-refractivity contribution < 1.29 is 13.5 Å². The Hall–Kier alpha value is -3.62. The lowest BCUT2D eigenvalue weighted by molar-refractivity contribution is 0.195. The molecule has 0 aliphatic heterocycles. The second-order valence-corrected chi connectivity index (χ2v) is 8.77. The molecule has 4 rings (SSSR count). The molecule has 0 saturated carbocycles. The Bertz CT molecular complexity index is 1340. The molecule has 35 heavy (non-hydrogen) atoms. The highest BCUT2D eigenvalue weighted by atomic mass is 19.1. The van der Waals surface area contributed by atoms with Crippen molar-refractivity contribution in [2.75, 3.05) is 13.7 Å². The normalized spacial score (nSPS) is 11.0. The van der Waals surface area contributed by atoms with Crippen molar-refractivity contribution >= 4 is 10.8 Å². The topological polar surface area (TPSA) is 45.9 Å². The first-order chi connectivity index (χ1) is 17.1. The van der Waals surface area contributed by atoms with Crippen molar-refractivity contribution in [3.63, 3.8) is 0 Å². The van der Waals surface area contributed by atoms with E-state index < -0.39 is 5.82 Å². The number of aromatic nitrogens is 1. The molecule has 0 spiro atoms. The van der Waals surface area contributed by atoms with Gasteiger partial charge in [-0.2, -0.15) is 5.26 Å². The minimum atomic E-state index is -0.537. The second-order valence-electron chi connectivity index (χ2n) is 8.77. The van der Waals surface area contributed by atoms with Gasteiger partial charge in [0.2, 0.25) is 0 Å². The van der Waals surface area contributed by atoms with Gasteiger partial charge in [0, 0.05) is 31.0 Å². The molecule has 178 valence electrons. The van der Waals surface area contributed by atoms with Crippen LogP contribution in [0, 0.1) is 23.0 Å². The van der Waals surface area contributed by atoms with Gasteiger partial charge in [0.05, 0.1) is 5.56 Å². The molecule has 4 aromatic rings. The summed E-state index contributed by atoms with van der Waals surface area (Å²) in [4.78, 5) is 4.58. The summed E-state index contributed by atoms with van der Waals surface area (Å²) in [5.41, 5.74) is 4.77. The van der Waals surface area contributed by atoms with Crippen LogP contribution in [0.5, 0.6) is 0 Å². The van der Waals surface area contributed by atoms with E-state index in [9.17, 15) is 4.39 Å². The molecule has 0 N–H and O–H groups in total. The molecule has 0 amide bonds. The van der Waals surface area contributed by atoms with Gasteiger partial charge in [-0.05, 0) is 84.4 Å². The van der Waals surface area contributed by atoms with Crippen LogP contribution >= 0.6 is 0 Å². The van der Waals surface area contributed by atoms with Gasteiger partial charge in [-0.1, -0.05) is 42.5 Å². The lowest BCUT2D eigenvalue weighted by atomic mass is 9.97. The average molecular weight is 471 g/mol. The fourth-order valence-electron chi connectivity index (χ4n) is 4.26. The minimum absolute atomic E-state index is 0.0205. The third-order valence-electron chi connectivity index (χ3n) is 6.31. The van der Waals surface area contributed by atoms with Crippen molar-refractivity contribution in [3.05, 3.63) is 112 Å². The van der Waals surface area contributed by atoms with Crippen molar-refractivity contribution in [1.29, 1.82) is 5.26 Å². The average Bonchev–Trinajstić information content (AvgIpc) is 2.88. The molecule has 0 saturated heterocycles. The molecule has 3 aromatic carbocycles. The van der Waals surface area contributed by atoms with Crippen LogP contribution in [0.3, 0.4) is 0 Å². The van der Waals surface area contributed by atoms with E-state index in [0.29, 0.717) is 23.8 Å². The van der Waals surface area contributed by atoms with Gasteiger partial charge < -0.3 is 4.74 Å². The number of pyridine rings is 1. The maximum absolute atomic E-state index is 15.2. The van der Waals surface area contributed by atoms with Gasteiger partial charge in [0.25, 0.3) is 0 Å². The molecule has 0 atom stereocenters. The number of nitriles is 1. The van der Waals surface area contributed by atoms with Crippen molar-refractivity contribution in [3.8, 4) is 6.07 Å². The van der Waals surface area contributed by atoms with E-state index in [1.54, 1.807) is 13.2 Å². The second kappa shape index (κ2) is 11.7. The summed E-state index contributed by atoms with van der Waals surface area (Å²) in [6, 6.07) is 20.2. The van der Waals surface area contributed by atoms with E-state index in [-0.39, 0.29) is 11.4 Å². The fourth-order valence-corrected chi connectivity index (χ4v) is 4.26. The summed E-state index contributed by atoms with van der Waals surface area (Å²) in [6.07, 6.45) is 6.51. The molecular weight excluding hydrogens is 442 g/mol. The zero-order valence-electron chi connectivity index (χ0n) is 19.9. The highest BCUT2D eigenvalue weighted by Crippen LogP contribution is 2.24. The predicted octanol–water partition coefficient (Wildman–Crippen LogP) is 6.53. The maximum atomic E-state index is 15.2. The van der Waals surface area contributed by atoms with Gasteiger partial charge in [-0.3, -0.25) is 4.98 Å². The Morgan fingerprint density at radius 1 is 0.829 bits per heavy atom. The summed E-state index contributed by atoms with van der Waals surface area (Å²) >= 11 is 0. The van der Waals surface area contributed by atoms with Gasteiger partial charge in [0.15, 0.2) is 0 Å². The Morgan fingerprint density at radius 3 is 2.34 bits per heavy atom. The van der Waals surface area contributed by atoms with E-state index in [1.165, 1.54) is 17.7 Å². The number of fused-ring (bicyclic) bond motifs is 1. The standard InChI is InChI=1S/C30H28F2N2O/c1-35-16-2-3-23-7-14-27(34-20-23)13-6-21-8-15-28-25(17-21)12-11-24(30(28)32)9-4-22-5-10-26(19-33)29(31)18-22/h5,7-8,10-12,14-15,17-18,20H,2-4,6,9,13,16H2,1H3. The zero-order valence-corrected chi connectivity index (χ0v) is 19.9. The minimum Gasteiger partial charge on any atom is -0.385 e. The van der Waals surface area contributed by atoms with Gasteiger partial charge in [-0.25, -0.2) is 8.78 Å². The smallest absolute Gasteiger partial charge is 0.141 e. The molecule has 3 nitrogen and oxygen atoms in total. The highest BCUT2D eigenvalue weighted by molar-refractivity contribution is 5.84. The quantitative estimate of drug-likeness (QED) is 0.247. The van der Waals surface area contributed by atoms with Gasteiger partial charge in [-0.15, -0.1) is 0 Å². The summed E-state index contributed by atoms with van der Waals surface area (Å²) in [5.74, 6) is -0.765. The third kappa shape index (κ3) is 6.29. The van der Waals surface area contributed by atoms with Gasteiger partial charge in [0.1, 0.15) is 17.7 Å². The largest absolute Gasteiger partial charge is 0.385 e. The van der Waals surface area contributed by atoms with Crippen LogP contribution in [0.1, 0.15) is 39.9 Å². The third-order valence-corrected chi connectivity index (χ3v) is 6.31. The van der Waals surface area contributed by atoms with Crippen molar-refractivity contribution in [1.82, 2.24) is 4.98 Å². The monoisotopic (exact) mass is 470 g/mol. The van der Waals surface area contributed by atoms with E-state index in [2.05, 4.69) is 17.1 Å². The Kier molecular flexibility index (Phi) is 8.18. The first-order valence-electron chi connectivity index (χ1n) is 11.9. The molecule has 0 radical (unpaired) electrons. The molecule has 0 fully saturated rings. The maximum Gasteiger partial charge on any atom is 0.141 e. The molecule has 0 aliphatic carbocycles. The summed E-state index contributed by atoms with van der Waals surface area (Å²) < 4.78 is 34.1. The van der Waals surface area contributed by atoms with Crippen LogP contribution in [0.25, 0.3) is 10.8 Å². The highest BCUT2D eigenvalue weighted by Gasteiger charge is 2.10. The van der Waals surface area contributed by atoms with E-state index in [0.717, 1.165) is 54.5 Å². The number of hydrogen-bond donors (Lipinski definition) is 0. The fraction of sp³-hybridized carbons (Fsp3) is 0.267. The van der Waals surface area contributed by atoms with Crippen LogP contribution in [0.2, 0.25) is 0 Å². The Balaban J connectivity index is 1.38. The summed E-state index contributed by atoms with van der Waals surface area (Å²) in [7, 11) is 1.71. The molecule has 0 unspecified atom stereocenters. The number of benzene rings is 3. The number of aryl methyl sites for hydroxylation is 5. The molecule has 5 heteroatoms.